The van der Waals surface area contributed by atoms with Gasteiger partial charge in [0.1, 0.15) is 0 Å². The molecule has 2 N–H and O–H groups in total. The third-order valence-corrected chi connectivity index (χ3v) is 2.30. The molecule has 0 aliphatic carbocycles. The summed E-state index contributed by atoms with van der Waals surface area (Å²) < 4.78 is 0. The van der Waals surface area contributed by atoms with Crippen molar-refractivity contribution in [3.63, 3.8) is 0 Å². The fourth-order valence-electron chi connectivity index (χ4n) is 1.11. The standard InChI is InChI=1S/C12H16ClN3S/c1-12(2,3)15-11(17)16-14-8-9-6-4-5-7-10(9)13/h4-8H,1-3H3,(H2,15,16,17). The molecule has 0 aliphatic heterocycles. The summed E-state index contributed by atoms with van der Waals surface area (Å²) in [5.74, 6) is 0. The Morgan fingerprint density at radius 1 is 1.35 bits per heavy atom. The minimum Gasteiger partial charge on any atom is -0.357 e. The average Bonchev–Trinajstić information content (AvgIpc) is 2.18. The molecule has 0 aliphatic rings. The van der Waals surface area contributed by atoms with Crippen LogP contribution in [0.25, 0.3) is 0 Å². The highest BCUT2D eigenvalue weighted by Gasteiger charge is 2.09. The molecule has 0 atom stereocenters. The number of nitrogens with one attached hydrogen (secondary N) is 2. The summed E-state index contributed by atoms with van der Waals surface area (Å²) in [5, 5.41) is 8.26. The molecule has 0 spiro atoms. The minimum absolute atomic E-state index is 0.0794. The fourth-order valence-corrected chi connectivity index (χ4v) is 1.65. The highest BCUT2D eigenvalue weighted by molar-refractivity contribution is 7.80. The molecule has 3 nitrogen and oxygen atoms in total. The van der Waals surface area contributed by atoms with Crippen LogP contribution in [-0.4, -0.2) is 16.9 Å². The van der Waals surface area contributed by atoms with Crippen molar-refractivity contribution in [1.82, 2.24) is 10.7 Å². The largest absolute Gasteiger partial charge is 0.357 e. The van der Waals surface area contributed by atoms with Gasteiger partial charge in [0.25, 0.3) is 0 Å². The summed E-state index contributed by atoms with van der Waals surface area (Å²) in [6, 6.07) is 7.47. The first-order valence-electron chi connectivity index (χ1n) is 5.24. The van der Waals surface area contributed by atoms with E-state index in [4.69, 9.17) is 23.8 Å². The van der Waals surface area contributed by atoms with Gasteiger partial charge in [-0.05, 0) is 39.1 Å². The predicted octanol–water partition coefficient (Wildman–Crippen LogP) is 2.94. The van der Waals surface area contributed by atoms with Gasteiger partial charge in [-0.1, -0.05) is 29.8 Å². The van der Waals surface area contributed by atoms with Gasteiger partial charge in [-0.25, -0.2) is 0 Å². The van der Waals surface area contributed by atoms with Gasteiger partial charge in [0.15, 0.2) is 5.11 Å². The van der Waals surface area contributed by atoms with E-state index >= 15 is 0 Å². The van der Waals surface area contributed by atoms with Gasteiger partial charge in [-0.3, -0.25) is 5.43 Å². The van der Waals surface area contributed by atoms with E-state index in [1.807, 2.05) is 45.0 Å². The zero-order chi connectivity index (χ0) is 12.9. The van der Waals surface area contributed by atoms with E-state index in [2.05, 4.69) is 15.8 Å². The Morgan fingerprint density at radius 3 is 2.59 bits per heavy atom. The van der Waals surface area contributed by atoms with E-state index in [1.165, 1.54) is 0 Å². The maximum atomic E-state index is 5.98. The Balaban J connectivity index is 2.51. The molecule has 0 fully saturated rings. The molecule has 0 amide bonds. The van der Waals surface area contributed by atoms with Crippen molar-refractivity contribution in [3.05, 3.63) is 34.9 Å². The van der Waals surface area contributed by atoms with Gasteiger partial charge in [-0.15, -0.1) is 0 Å². The van der Waals surface area contributed by atoms with Gasteiger partial charge in [0.05, 0.1) is 6.21 Å². The highest BCUT2D eigenvalue weighted by atomic mass is 35.5. The Kier molecular flexibility index (Phi) is 4.90. The molecular weight excluding hydrogens is 254 g/mol. The van der Waals surface area contributed by atoms with E-state index in [0.717, 1.165) is 5.56 Å². The fraction of sp³-hybridized carbons (Fsp3) is 0.333. The van der Waals surface area contributed by atoms with Crippen LogP contribution in [0.1, 0.15) is 26.3 Å². The van der Waals surface area contributed by atoms with Crippen LogP contribution in [0, 0.1) is 0 Å². The lowest BCUT2D eigenvalue weighted by molar-refractivity contribution is 0.508. The second-order valence-electron chi connectivity index (χ2n) is 4.60. The van der Waals surface area contributed by atoms with E-state index in [-0.39, 0.29) is 5.54 Å². The van der Waals surface area contributed by atoms with Crippen molar-refractivity contribution in [2.75, 3.05) is 0 Å². The van der Waals surface area contributed by atoms with Crippen LogP contribution >= 0.6 is 23.8 Å². The number of halogens is 1. The molecule has 1 aromatic rings. The molecule has 5 heteroatoms. The number of rotatable bonds is 2. The molecule has 0 saturated carbocycles. The molecule has 17 heavy (non-hydrogen) atoms. The maximum Gasteiger partial charge on any atom is 0.187 e. The summed E-state index contributed by atoms with van der Waals surface area (Å²) in [5.41, 5.74) is 3.51. The average molecular weight is 270 g/mol. The van der Waals surface area contributed by atoms with Crippen molar-refractivity contribution < 1.29 is 0 Å². The molecule has 0 unspecified atom stereocenters. The number of hydrogen-bond acceptors (Lipinski definition) is 2. The second-order valence-corrected chi connectivity index (χ2v) is 5.41. The van der Waals surface area contributed by atoms with Crippen LogP contribution in [0.2, 0.25) is 5.02 Å². The number of nitrogens with zero attached hydrogens (tertiary/aromatic N) is 1. The normalized spacial score (nSPS) is 11.5. The summed E-state index contributed by atoms with van der Waals surface area (Å²) in [7, 11) is 0. The van der Waals surface area contributed by atoms with Crippen LogP contribution in [0.15, 0.2) is 29.4 Å². The topological polar surface area (TPSA) is 36.4 Å². The van der Waals surface area contributed by atoms with Crippen molar-refractivity contribution in [2.24, 2.45) is 5.10 Å². The number of benzene rings is 1. The molecule has 0 heterocycles. The zero-order valence-corrected chi connectivity index (χ0v) is 11.7. The Bertz CT molecular complexity index is 424. The molecule has 0 radical (unpaired) electrons. The first kappa shape index (κ1) is 13.9. The third kappa shape index (κ3) is 5.65. The summed E-state index contributed by atoms with van der Waals surface area (Å²) >= 11 is 11.1. The third-order valence-electron chi connectivity index (χ3n) is 1.76. The highest BCUT2D eigenvalue weighted by Crippen LogP contribution is 2.11. The van der Waals surface area contributed by atoms with Crippen LogP contribution in [0.5, 0.6) is 0 Å². The molecule has 0 saturated heterocycles. The predicted molar refractivity (Wildman–Crippen MR) is 77.7 cm³/mol. The van der Waals surface area contributed by atoms with Crippen molar-refractivity contribution in [2.45, 2.75) is 26.3 Å². The maximum absolute atomic E-state index is 5.98. The van der Waals surface area contributed by atoms with Gasteiger partial charge >= 0.3 is 0 Å². The molecular formula is C12H16ClN3S. The van der Waals surface area contributed by atoms with Crippen LogP contribution < -0.4 is 10.7 Å². The summed E-state index contributed by atoms with van der Waals surface area (Å²) in [6.45, 7) is 6.08. The summed E-state index contributed by atoms with van der Waals surface area (Å²) in [6.07, 6.45) is 1.64. The number of hydrazone groups is 1. The summed E-state index contributed by atoms with van der Waals surface area (Å²) in [4.78, 5) is 0. The second kappa shape index (κ2) is 5.98. The first-order chi connectivity index (χ1) is 7.88. The monoisotopic (exact) mass is 269 g/mol. The lowest BCUT2D eigenvalue weighted by Crippen LogP contribution is -2.44. The Hall–Kier alpha value is -1.13. The number of hydrogen-bond donors (Lipinski definition) is 2. The first-order valence-corrected chi connectivity index (χ1v) is 6.03. The smallest absolute Gasteiger partial charge is 0.187 e. The van der Waals surface area contributed by atoms with E-state index in [0.29, 0.717) is 10.1 Å². The van der Waals surface area contributed by atoms with Crippen molar-refractivity contribution >= 4 is 35.1 Å². The zero-order valence-electron chi connectivity index (χ0n) is 10.1. The lowest BCUT2D eigenvalue weighted by Gasteiger charge is -2.21. The van der Waals surface area contributed by atoms with Gasteiger partial charge in [0, 0.05) is 16.1 Å². The van der Waals surface area contributed by atoms with E-state index < -0.39 is 0 Å². The Labute approximate surface area is 112 Å². The van der Waals surface area contributed by atoms with Crippen LogP contribution in [0.3, 0.4) is 0 Å². The molecule has 92 valence electrons. The van der Waals surface area contributed by atoms with Crippen LogP contribution in [-0.2, 0) is 0 Å². The van der Waals surface area contributed by atoms with Crippen molar-refractivity contribution in [3.8, 4) is 0 Å². The number of thiocarbonyl (C=S) groups is 1. The van der Waals surface area contributed by atoms with E-state index in [9.17, 15) is 0 Å². The SMILES string of the molecule is CC(C)(C)NC(=S)NN=Cc1ccccc1Cl. The van der Waals surface area contributed by atoms with Gasteiger partial charge in [0.2, 0.25) is 0 Å². The molecule has 0 bridgehead atoms. The molecule has 1 rings (SSSR count). The quantitative estimate of drug-likeness (QED) is 0.492. The molecule has 0 aromatic heterocycles. The Morgan fingerprint density at radius 2 is 2.00 bits per heavy atom. The minimum atomic E-state index is -0.0794. The van der Waals surface area contributed by atoms with Gasteiger partial charge < -0.3 is 5.32 Å². The van der Waals surface area contributed by atoms with Gasteiger partial charge in [-0.2, -0.15) is 5.10 Å². The van der Waals surface area contributed by atoms with E-state index in [1.54, 1.807) is 6.21 Å². The van der Waals surface area contributed by atoms with Crippen LogP contribution in [0.4, 0.5) is 0 Å². The van der Waals surface area contributed by atoms with Crippen molar-refractivity contribution in [1.29, 1.82) is 0 Å². The molecule has 1 aromatic carbocycles. The lowest BCUT2D eigenvalue weighted by atomic mass is 10.1.